The summed E-state index contributed by atoms with van der Waals surface area (Å²) >= 11 is 0. The van der Waals surface area contributed by atoms with Gasteiger partial charge in [0.25, 0.3) is 0 Å². The van der Waals surface area contributed by atoms with Crippen LogP contribution in [0.1, 0.15) is 0 Å². The summed E-state index contributed by atoms with van der Waals surface area (Å²) in [5, 5.41) is 0. The molecule has 0 aromatic carbocycles. The molecular formula is H12O6Ru+3. The predicted molar refractivity (Wildman–Crippen MR) is 21.7 cm³/mol. The van der Waals surface area contributed by atoms with Crippen LogP contribution in [-0.4, -0.2) is 32.9 Å². The molecule has 0 aromatic rings. The van der Waals surface area contributed by atoms with Crippen molar-refractivity contribution >= 4 is 0 Å². The van der Waals surface area contributed by atoms with Crippen LogP contribution in [0.5, 0.6) is 0 Å². The number of hydrogen-bond acceptors (Lipinski definition) is 0. The third-order valence-electron chi connectivity index (χ3n) is 0. The maximum absolute atomic E-state index is 0. The first-order valence-corrected chi connectivity index (χ1v) is 0. The summed E-state index contributed by atoms with van der Waals surface area (Å²) in [4.78, 5) is 0. The van der Waals surface area contributed by atoms with E-state index in [0.29, 0.717) is 0 Å². The molecule has 0 saturated carbocycles. The average Bonchev–Trinajstić information content (AvgIpc) is 0. The van der Waals surface area contributed by atoms with Crippen LogP contribution in [0.2, 0.25) is 0 Å². The van der Waals surface area contributed by atoms with Gasteiger partial charge in [-0.1, -0.05) is 0 Å². The summed E-state index contributed by atoms with van der Waals surface area (Å²) in [5.41, 5.74) is 0. The summed E-state index contributed by atoms with van der Waals surface area (Å²) in [5.74, 6) is 0. The van der Waals surface area contributed by atoms with Crippen molar-refractivity contribution in [3.8, 4) is 0 Å². The van der Waals surface area contributed by atoms with Crippen LogP contribution >= 0.6 is 0 Å². The summed E-state index contributed by atoms with van der Waals surface area (Å²) in [7, 11) is 0. The first-order chi connectivity index (χ1) is 0. The van der Waals surface area contributed by atoms with Crippen LogP contribution in [0, 0.1) is 0 Å². The van der Waals surface area contributed by atoms with E-state index in [4.69, 9.17) is 0 Å². The summed E-state index contributed by atoms with van der Waals surface area (Å²) in [6.45, 7) is 0. The Hall–Kier alpha value is 0.383. The van der Waals surface area contributed by atoms with Crippen LogP contribution in [0.25, 0.3) is 0 Å². The summed E-state index contributed by atoms with van der Waals surface area (Å²) in [6, 6.07) is 0. The number of hydrogen-bond donors (Lipinski definition) is 0. The molecule has 0 unspecified atom stereocenters. The van der Waals surface area contributed by atoms with Gasteiger partial charge in [0.15, 0.2) is 0 Å². The van der Waals surface area contributed by atoms with Gasteiger partial charge >= 0.3 is 19.5 Å². The Morgan fingerprint density at radius 1 is 0.286 bits per heavy atom. The van der Waals surface area contributed by atoms with Gasteiger partial charge in [-0.2, -0.15) is 0 Å². The Morgan fingerprint density at radius 3 is 0.286 bits per heavy atom. The van der Waals surface area contributed by atoms with Crippen molar-refractivity contribution in [1.29, 1.82) is 0 Å². The molecule has 0 amide bonds. The topological polar surface area (TPSA) is 189 Å². The van der Waals surface area contributed by atoms with Gasteiger partial charge in [0.1, 0.15) is 0 Å². The molecule has 6 nitrogen and oxygen atoms in total. The van der Waals surface area contributed by atoms with E-state index in [1.807, 2.05) is 0 Å². The van der Waals surface area contributed by atoms with E-state index in [1.165, 1.54) is 0 Å². The molecule has 0 aliphatic rings. The third kappa shape index (κ3) is 834. The van der Waals surface area contributed by atoms with Gasteiger partial charge in [-0.05, 0) is 0 Å². The molecule has 0 fully saturated rings. The third-order valence-corrected chi connectivity index (χ3v) is 0. The second kappa shape index (κ2) is 1260. The van der Waals surface area contributed by atoms with Crippen molar-refractivity contribution in [3.63, 3.8) is 0 Å². The molecular weight excluding hydrogens is 197 g/mol. The van der Waals surface area contributed by atoms with Crippen molar-refractivity contribution in [2.45, 2.75) is 0 Å². The van der Waals surface area contributed by atoms with Gasteiger partial charge in [0.2, 0.25) is 0 Å². The molecule has 7 heavy (non-hydrogen) atoms. The minimum atomic E-state index is 0. The SMILES string of the molecule is O.O.O.O.O.O.[Ru+3]. The van der Waals surface area contributed by atoms with Crippen LogP contribution in [0.3, 0.4) is 0 Å². The second-order valence-electron chi connectivity index (χ2n) is 0. The largest absolute Gasteiger partial charge is 3.00 e. The Bertz CT molecular complexity index is 4.14. The molecule has 7 heteroatoms. The first kappa shape index (κ1) is 2050. The van der Waals surface area contributed by atoms with Crippen LogP contribution in [0.15, 0.2) is 0 Å². The fraction of sp³-hybridized carbons (Fsp3) is 0. The molecule has 0 bridgehead atoms. The smallest absolute Gasteiger partial charge is 0.412 e. The normalized spacial score (nSPS) is 0. The monoisotopic (exact) mass is 210 g/mol. The minimum Gasteiger partial charge on any atom is -0.412 e. The van der Waals surface area contributed by atoms with Crippen LogP contribution in [-0.2, 0) is 19.5 Å². The van der Waals surface area contributed by atoms with Crippen molar-refractivity contribution in [3.05, 3.63) is 0 Å². The zero-order valence-electron chi connectivity index (χ0n) is 3.35. The van der Waals surface area contributed by atoms with E-state index in [1.54, 1.807) is 0 Å². The van der Waals surface area contributed by atoms with Gasteiger partial charge in [0.05, 0.1) is 0 Å². The maximum atomic E-state index is 0. The molecule has 0 aliphatic heterocycles. The molecule has 0 heterocycles. The Labute approximate surface area is 53.1 Å². The standard InChI is InChI=1S/6H2O.Ru/h6*1H2;/q;;;;;;+3. The second-order valence-corrected chi connectivity index (χ2v) is 0. The Balaban J connectivity index is 0. The molecule has 12 N–H and O–H groups in total. The van der Waals surface area contributed by atoms with Gasteiger partial charge in [0, 0.05) is 0 Å². The average molecular weight is 209 g/mol. The first-order valence-electron chi connectivity index (χ1n) is 0. The van der Waals surface area contributed by atoms with E-state index < -0.39 is 0 Å². The van der Waals surface area contributed by atoms with Crippen molar-refractivity contribution < 1.29 is 52.3 Å². The summed E-state index contributed by atoms with van der Waals surface area (Å²) < 4.78 is 0. The van der Waals surface area contributed by atoms with Crippen LogP contribution < -0.4 is 0 Å². The zero-order valence-corrected chi connectivity index (χ0v) is 5.09. The fourth-order valence-corrected chi connectivity index (χ4v) is 0. The molecule has 0 saturated heterocycles. The quantitative estimate of drug-likeness (QED) is 0.345. The molecule has 0 atom stereocenters. The van der Waals surface area contributed by atoms with Gasteiger partial charge in [-0.25, -0.2) is 0 Å². The van der Waals surface area contributed by atoms with E-state index in [-0.39, 0.29) is 52.3 Å². The molecule has 1 radical (unpaired) electrons. The molecule has 0 aromatic heterocycles. The zero-order chi connectivity index (χ0) is 0. The van der Waals surface area contributed by atoms with E-state index >= 15 is 0 Å². The molecule has 53 valence electrons. The van der Waals surface area contributed by atoms with Gasteiger partial charge in [-0.15, -0.1) is 0 Å². The van der Waals surface area contributed by atoms with E-state index in [9.17, 15) is 0 Å². The van der Waals surface area contributed by atoms with E-state index in [0.717, 1.165) is 0 Å². The van der Waals surface area contributed by atoms with E-state index in [2.05, 4.69) is 0 Å². The Morgan fingerprint density at radius 2 is 0.286 bits per heavy atom. The molecule has 0 spiro atoms. The predicted octanol–water partition coefficient (Wildman–Crippen LogP) is -4.95. The van der Waals surface area contributed by atoms with Gasteiger partial charge < -0.3 is 32.9 Å². The van der Waals surface area contributed by atoms with Crippen molar-refractivity contribution in [2.75, 3.05) is 0 Å². The maximum Gasteiger partial charge on any atom is 3.00 e. The van der Waals surface area contributed by atoms with Crippen molar-refractivity contribution in [2.24, 2.45) is 0 Å². The number of rotatable bonds is 0. The van der Waals surface area contributed by atoms with Crippen molar-refractivity contribution in [1.82, 2.24) is 0 Å². The van der Waals surface area contributed by atoms with Crippen LogP contribution in [0.4, 0.5) is 0 Å². The molecule has 0 rings (SSSR count). The summed E-state index contributed by atoms with van der Waals surface area (Å²) in [6.07, 6.45) is 0. The van der Waals surface area contributed by atoms with Gasteiger partial charge in [-0.3, -0.25) is 0 Å². The molecule has 0 aliphatic carbocycles. The minimum absolute atomic E-state index is 0. The Kier molecular flexibility index (Phi) is 368000. The fourth-order valence-electron chi connectivity index (χ4n) is 0.